The molecule has 0 bridgehead atoms. The quantitative estimate of drug-likeness (QED) is 0.835. The number of hydrogen-bond donors (Lipinski definition) is 2. The molecular weight excluding hydrogens is 234 g/mol. The van der Waals surface area contributed by atoms with Gasteiger partial charge in [0, 0.05) is 7.05 Å². The second-order valence-electron chi connectivity index (χ2n) is 4.43. The Morgan fingerprint density at radius 2 is 2.17 bits per heavy atom. The fourth-order valence-corrected chi connectivity index (χ4v) is 1.74. The van der Waals surface area contributed by atoms with E-state index in [1.807, 2.05) is 13.8 Å². The zero-order valence-corrected chi connectivity index (χ0v) is 10.5. The summed E-state index contributed by atoms with van der Waals surface area (Å²) in [6, 6.07) is -0.691. The van der Waals surface area contributed by atoms with E-state index >= 15 is 0 Å². The number of aromatic nitrogens is 4. The SMILES string of the molecule is CC(C)[C@H](Nc1ncnc2c1cnn2C)C(=O)O. The lowest BCUT2D eigenvalue weighted by molar-refractivity contribution is -0.138. The number of rotatable bonds is 4. The van der Waals surface area contributed by atoms with Crippen LogP contribution in [0.5, 0.6) is 0 Å². The molecule has 0 unspecified atom stereocenters. The summed E-state index contributed by atoms with van der Waals surface area (Å²) in [5.41, 5.74) is 0.667. The van der Waals surface area contributed by atoms with E-state index in [1.165, 1.54) is 6.33 Å². The average Bonchev–Trinajstić information content (AvgIpc) is 2.68. The number of hydrogen-bond acceptors (Lipinski definition) is 5. The van der Waals surface area contributed by atoms with Crippen LogP contribution in [-0.2, 0) is 11.8 Å². The highest BCUT2D eigenvalue weighted by molar-refractivity contribution is 5.88. The van der Waals surface area contributed by atoms with Crippen molar-refractivity contribution in [2.45, 2.75) is 19.9 Å². The molecule has 0 saturated heterocycles. The van der Waals surface area contributed by atoms with E-state index < -0.39 is 12.0 Å². The minimum absolute atomic E-state index is 0.0517. The van der Waals surface area contributed by atoms with Gasteiger partial charge in [-0.15, -0.1) is 0 Å². The zero-order valence-electron chi connectivity index (χ0n) is 10.5. The van der Waals surface area contributed by atoms with Gasteiger partial charge >= 0.3 is 5.97 Å². The Bertz CT molecular complexity index is 578. The number of carbonyl (C=O) groups is 1. The third-order valence-electron chi connectivity index (χ3n) is 2.75. The fraction of sp³-hybridized carbons (Fsp3) is 0.455. The molecule has 2 rings (SSSR count). The zero-order chi connectivity index (χ0) is 13.3. The maximum Gasteiger partial charge on any atom is 0.326 e. The van der Waals surface area contributed by atoms with Crippen LogP contribution < -0.4 is 5.32 Å². The molecule has 2 heterocycles. The van der Waals surface area contributed by atoms with Crippen LogP contribution >= 0.6 is 0 Å². The fourth-order valence-electron chi connectivity index (χ4n) is 1.74. The Labute approximate surface area is 104 Å². The van der Waals surface area contributed by atoms with E-state index in [0.717, 1.165) is 0 Å². The van der Waals surface area contributed by atoms with Gasteiger partial charge in [-0.1, -0.05) is 13.8 Å². The predicted molar refractivity (Wildman–Crippen MR) is 66.2 cm³/mol. The lowest BCUT2D eigenvalue weighted by Gasteiger charge is -2.18. The van der Waals surface area contributed by atoms with Gasteiger partial charge in [-0.3, -0.25) is 4.68 Å². The van der Waals surface area contributed by atoms with Crippen LogP contribution in [0.1, 0.15) is 13.8 Å². The predicted octanol–water partition coefficient (Wildman–Crippen LogP) is 0.884. The van der Waals surface area contributed by atoms with Gasteiger partial charge in [0.25, 0.3) is 0 Å². The van der Waals surface area contributed by atoms with Crippen molar-refractivity contribution in [3.05, 3.63) is 12.5 Å². The largest absolute Gasteiger partial charge is 0.480 e. The summed E-state index contributed by atoms with van der Waals surface area (Å²) in [6.07, 6.45) is 3.02. The van der Waals surface area contributed by atoms with Crippen LogP contribution in [-0.4, -0.2) is 36.9 Å². The molecule has 2 aromatic rings. The maximum atomic E-state index is 11.2. The molecule has 0 spiro atoms. The Kier molecular flexibility index (Phi) is 3.14. The second kappa shape index (κ2) is 4.59. The van der Waals surface area contributed by atoms with Gasteiger partial charge in [-0.25, -0.2) is 14.8 Å². The van der Waals surface area contributed by atoms with Crippen LogP contribution in [0, 0.1) is 5.92 Å². The van der Waals surface area contributed by atoms with Crippen molar-refractivity contribution in [3.8, 4) is 0 Å². The highest BCUT2D eigenvalue weighted by atomic mass is 16.4. The van der Waals surface area contributed by atoms with E-state index in [0.29, 0.717) is 16.9 Å². The van der Waals surface area contributed by atoms with Crippen LogP contribution in [0.4, 0.5) is 5.82 Å². The third kappa shape index (κ3) is 2.11. The van der Waals surface area contributed by atoms with Crippen LogP contribution in [0.15, 0.2) is 12.5 Å². The molecule has 18 heavy (non-hydrogen) atoms. The number of aryl methyl sites for hydroxylation is 1. The van der Waals surface area contributed by atoms with Crippen LogP contribution in [0.25, 0.3) is 11.0 Å². The van der Waals surface area contributed by atoms with Crippen molar-refractivity contribution in [1.29, 1.82) is 0 Å². The van der Waals surface area contributed by atoms with Crippen molar-refractivity contribution in [3.63, 3.8) is 0 Å². The first kappa shape index (κ1) is 12.3. The first-order chi connectivity index (χ1) is 8.50. The number of anilines is 1. The van der Waals surface area contributed by atoms with Gasteiger partial charge in [0.15, 0.2) is 5.65 Å². The Morgan fingerprint density at radius 3 is 2.78 bits per heavy atom. The molecule has 7 heteroatoms. The van der Waals surface area contributed by atoms with Gasteiger partial charge in [0.1, 0.15) is 18.2 Å². The topological polar surface area (TPSA) is 92.9 Å². The summed E-state index contributed by atoms with van der Waals surface area (Å²) >= 11 is 0. The molecular formula is C11H15N5O2. The van der Waals surface area contributed by atoms with Crippen molar-refractivity contribution >= 4 is 22.8 Å². The molecule has 0 aliphatic heterocycles. The number of fused-ring (bicyclic) bond motifs is 1. The second-order valence-corrected chi connectivity index (χ2v) is 4.43. The smallest absolute Gasteiger partial charge is 0.326 e. The highest BCUT2D eigenvalue weighted by Gasteiger charge is 2.22. The van der Waals surface area contributed by atoms with Crippen LogP contribution in [0.2, 0.25) is 0 Å². The first-order valence-electron chi connectivity index (χ1n) is 5.62. The number of aliphatic carboxylic acids is 1. The minimum Gasteiger partial charge on any atom is -0.480 e. The van der Waals surface area contributed by atoms with Gasteiger partial charge in [0.2, 0.25) is 0 Å². The van der Waals surface area contributed by atoms with Crippen molar-refractivity contribution in [1.82, 2.24) is 19.7 Å². The first-order valence-corrected chi connectivity index (χ1v) is 5.62. The van der Waals surface area contributed by atoms with E-state index in [4.69, 9.17) is 5.11 Å². The molecule has 0 aliphatic carbocycles. The third-order valence-corrected chi connectivity index (χ3v) is 2.75. The number of nitrogens with one attached hydrogen (secondary N) is 1. The Morgan fingerprint density at radius 1 is 1.44 bits per heavy atom. The Hall–Kier alpha value is -2.18. The van der Waals surface area contributed by atoms with E-state index in [-0.39, 0.29) is 5.92 Å². The van der Waals surface area contributed by atoms with Crippen LogP contribution in [0.3, 0.4) is 0 Å². The average molecular weight is 249 g/mol. The molecule has 0 fully saturated rings. The molecule has 7 nitrogen and oxygen atoms in total. The lowest BCUT2D eigenvalue weighted by Crippen LogP contribution is -2.34. The van der Waals surface area contributed by atoms with Crippen molar-refractivity contribution in [2.24, 2.45) is 13.0 Å². The molecule has 0 amide bonds. The molecule has 0 saturated carbocycles. The van der Waals surface area contributed by atoms with Gasteiger partial charge in [-0.05, 0) is 5.92 Å². The van der Waals surface area contributed by atoms with Gasteiger partial charge in [0.05, 0.1) is 11.6 Å². The normalized spacial score (nSPS) is 12.9. The summed E-state index contributed by atoms with van der Waals surface area (Å²) < 4.78 is 1.62. The van der Waals surface area contributed by atoms with E-state index in [9.17, 15) is 4.79 Å². The summed E-state index contributed by atoms with van der Waals surface area (Å²) in [5.74, 6) is -0.459. The molecule has 0 aromatic carbocycles. The molecule has 1 atom stereocenters. The summed E-state index contributed by atoms with van der Waals surface area (Å²) in [4.78, 5) is 19.3. The highest BCUT2D eigenvalue weighted by Crippen LogP contribution is 2.20. The summed E-state index contributed by atoms with van der Waals surface area (Å²) in [6.45, 7) is 3.68. The number of carboxylic acid groups (broad SMARTS) is 1. The van der Waals surface area contributed by atoms with Crippen molar-refractivity contribution < 1.29 is 9.90 Å². The molecule has 2 N–H and O–H groups in total. The summed E-state index contributed by atoms with van der Waals surface area (Å²) in [7, 11) is 1.77. The lowest BCUT2D eigenvalue weighted by atomic mass is 10.0. The molecule has 0 aliphatic rings. The van der Waals surface area contributed by atoms with E-state index in [1.54, 1.807) is 17.9 Å². The molecule has 96 valence electrons. The van der Waals surface area contributed by atoms with Gasteiger partial charge in [-0.2, -0.15) is 5.10 Å². The monoisotopic (exact) mass is 249 g/mol. The van der Waals surface area contributed by atoms with Crippen molar-refractivity contribution in [2.75, 3.05) is 5.32 Å². The maximum absolute atomic E-state index is 11.2. The Balaban J connectivity index is 2.39. The minimum atomic E-state index is -0.902. The van der Waals surface area contributed by atoms with Gasteiger partial charge < -0.3 is 10.4 Å². The van der Waals surface area contributed by atoms with E-state index in [2.05, 4.69) is 20.4 Å². The number of carboxylic acids is 1. The molecule has 0 radical (unpaired) electrons. The standard InChI is InChI=1S/C11H15N5O2/c1-6(2)8(11(17)18)15-9-7-4-14-16(3)10(7)13-5-12-9/h4-6,8H,1-3H3,(H,17,18)(H,12,13,15)/t8-/m0/s1. The number of nitrogens with zero attached hydrogens (tertiary/aromatic N) is 4. The summed E-state index contributed by atoms with van der Waals surface area (Å²) in [5, 5.41) is 16.9. The molecule has 2 aromatic heterocycles.